The van der Waals surface area contributed by atoms with Crippen molar-refractivity contribution in [1.82, 2.24) is 5.32 Å². The minimum absolute atomic E-state index is 0.102. The van der Waals surface area contributed by atoms with Crippen molar-refractivity contribution in [3.8, 4) is 0 Å². The van der Waals surface area contributed by atoms with E-state index in [4.69, 9.17) is 0 Å². The molecule has 0 fully saturated rings. The van der Waals surface area contributed by atoms with Crippen molar-refractivity contribution in [2.75, 3.05) is 6.61 Å². The standard InChI is InChI=1S/C11H14BrNO2/c1-8(12)11(15)13-10(7-14)9-5-3-2-4-6-9/h2-6,8,10,14H,7H2,1H3,(H,13,15)/t8?,10-/m1/s1. The summed E-state index contributed by atoms with van der Waals surface area (Å²) in [4.78, 5) is 11.2. The summed E-state index contributed by atoms with van der Waals surface area (Å²) in [5, 5.41) is 11.9. The minimum atomic E-state index is -0.335. The first kappa shape index (κ1) is 12.2. The maximum absolute atomic E-state index is 11.4. The summed E-state index contributed by atoms with van der Waals surface area (Å²) in [6.07, 6.45) is 0. The van der Waals surface area contributed by atoms with E-state index >= 15 is 0 Å². The van der Waals surface area contributed by atoms with Crippen molar-refractivity contribution in [2.24, 2.45) is 0 Å². The Morgan fingerprint density at radius 3 is 2.53 bits per heavy atom. The van der Waals surface area contributed by atoms with Gasteiger partial charge in [0.2, 0.25) is 5.91 Å². The monoisotopic (exact) mass is 271 g/mol. The summed E-state index contributed by atoms with van der Waals surface area (Å²) < 4.78 is 0. The Morgan fingerprint density at radius 2 is 2.07 bits per heavy atom. The average Bonchev–Trinajstić information content (AvgIpc) is 2.26. The lowest BCUT2D eigenvalue weighted by Crippen LogP contribution is -2.34. The second-order valence-corrected chi connectivity index (χ2v) is 4.64. The van der Waals surface area contributed by atoms with Crippen molar-refractivity contribution in [3.63, 3.8) is 0 Å². The van der Waals surface area contributed by atoms with Crippen LogP contribution in [0.15, 0.2) is 30.3 Å². The van der Waals surface area contributed by atoms with Crippen LogP contribution in [0.25, 0.3) is 0 Å². The van der Waals surface area contributed by atoms with E-state index in [-0.39, 0.29) is 23.4 Å². The largest absolute Gasteiger partial charge is 0.394 e. The maximum Gasteiger partial charge on any atom is 0.234 e. The van der Waals surface area contributed by atoms with Crippen LogP contribution in [0.5, 0.6) is 0 Å². The fourth-order valence-corrected chi connectivity index (χ4v) is 1.34. The molecule has 0 saturated carbocycles. The molecule has 1 aromatic carbocycles. The molecule has 3 nitrogen and oxygen atoms in total. The van der Waals surface area contributed by atoms with Gasteiger partial charge in [-0.1, -0.05) is 46.3 Å². The molecule has 0 aliphatic heterocycles. The number of hydrogen-bond acceptors (Lipinski definition) is 2. The smallest absolute Gasteiger partial charge is 0.234 e. The van der Waals surface area contributed by atoms with Gasteiger partial charge in [0, 0.05) is 0 Å². The SMILES string of the molecule is CC(Br)C(=O)N[C@H](CO)c1ccccc1. The molecule has 0 spiro atoms. The molecule has 1 aromatic rings. The third-order valence-corrected chi connectivity index (χ3v) is 2.48. The van der Waals surface area contributed by atoms with E-state index in [1.54, 1.807) is 6.92 Å². The van der Waals surface area contributed by atoms with Crippen LogP contribution in [0.1, 0.15) is 18.5 Å². The molecule has 0 heterocycles. The molecule has 2 atom stereocenters. The number of nitrogens with one attached hydrogen (secondary N) is 1. The molecule has 4 heteroatoms. The molecule has 0 aromatic heterocycles. The summed E-state index contributed by atoms with van der Waals surface area (Å²) >= 11 is 3.18. The van der Waals surface area contributed by atoms with Gasteiger partial charge in [0.05, 0.1) is 17.5 Å². The fourth-order valence-electron chi connectivity index (χ4n) is 1.21. The first-order chi connectivity index (χ1) is 7.15. The van der Waals surface area contributed by atoms with Crippen LogP contribution in [0, 0.1) is 0 Å². The summed E-state index contributed by atoms with van der Waals surface area (Å²) in [7, 11) is 0. The number of halogens is 1. The number of hydrogen-bond donors (Lipinski definition) is 2. The highest BCUT2D eigenvalue weighted by Gasteiger charge is 2.15. The topological polar surface area (TPSA) is 49.3 Å². The third kappa shape index (κ3) is 3.64. The Kier molecular flexibility index (Phi) is 4.78. The first-order valence-corrected chi connectivity index (χ1v) is 5.67. The zero-order valence-corrected chi connectivity index (χ0v) is 10.1. The van der Waals surface area contributed by atoms with Crippen molar-refractivity contribution in [2.45, 2.75) is 17.8 Å². The van der Waals surface area contributed by atoms with Crippen molar-refractivity contribution < 1.29 is 9.90 Å². The predicted molar refractivity (Wildman–Crippen MR) is 62.8 cm³/mol. The van der Waals surface area contributed by atoms with Gasteiger partial charge in [-0.15, -0.1) is 0 Å². The zero-order valence-electron chi connectivity index (χ0n) is 8.48. The van der Waals surface area contributed by atoms with Crippen molar-refractivity contribution in [3.05, 3.63) is 35.9 Å². The molecule has 1 rings (SSSR count). The number of aliphatic hydroxyl groups excluding tert-OH is 1. The number of alkyl halides is 1. The van der Waals surface area contributed by atoms with E-state index in [1.165, 1.54) is 0 Å². The van der Waals surface area contributed by atoms with Gasteiger partial charge < -0.3 is 10.4 Å². The summed E-state index contributed by atoms with van der Waals surface area (Å²) in [5.41, 5.74) is 0.904. The van der Waals surface area contributed by atoms with E-state index in [0.29, 0.717) is 0 Å². The number of aliphatic hydroxyl groups is 1. The van der Waals surface area contributed by atoms with Crippen molar-refractivity contribution >= 4 is 21.8 Å². The molecular formula is C11H14BrNO2. The van der Waals surface area contributed by atoms with Gasteiger partial charge in [0.15, 0.2) is 0 Å². The second-order valence-electron chi connectivity index (χ2n) is 3.27. The van der Waals surface area contributed by atoms with E-state index in [9.17, 15) is 9.90 Å². The number of amides is 1. The molecule has 0 saturated heterocycles. The highest BCUT2D eigenvalue weighted by Crippen LogP contribution is 2.12. The lowest BCUT2D eigenvalue weighted by molar-refractivity contribution is -0.121. The predicted octanol–water partition coefficient (Wildman–Crippen LogP) is 1.62. The molecule has 1 unspecified atom stereocenters. The van der Waals surface area contributed by atoms with Gasteiger partial charge in [-0.25, -0.2) is 0 Å². The Hall–Kier alpha value is -0.870. The number of benzene rings is 1. The maximum atomic E-state index is 11.4. The molecule has 0 radical (unpaired) electrons. The zero-order chi connectivity index (χ0) is 11.3. The lowest BCUT2D eigenvalue weighted by atomic mass is 10.1. The van der Waals surface area contributed by atoms with Gasteiger partial charge in [-0.05, 0) is 12.5 Å². The lowest BCUT2D eigenvalue weighted by Gasteiger charge is -2.17. The van der Waals surface area contributed by atoms with Crippen LogP contribution in [0.3, 0.4) is 0 Å². The number of carbonyl (C=O) groups excluding carboxylic acids is 1. The molecule has 82 valence electrons. The Labute approximate surface area is 97.6 Å². The van der Waals surface area contributed by atoms with E-state index in [1.807, 2.05) is 30.3 Å². The summed E-state index contributed by atoms with van der Waals surface area (Å²) in [6.45, 7) is 1.64. The normalized spacial score (nSPS) is 14.3. The molecular weight excluding hydrogens is 258 g/mol. The molecule has 0 bridgehead atoms. The van der Waals surface area contributed by atoms with Crippen LogP contribution in [-0.4, -0.2) is 22.4 Å². The Balaban J connectivity index is 2.69. The van der Waals surface area contributed by atoms with Crippen LogP contribution < -0.4 is 5.32 Å². The van der Waals surface area contributed by atoms with Gasteiger partial charge in [-0.2, -0.15) is 0 Å². The molecule has 1 amide bonds. The first-order valence-electron chi connectivity index (χ1n) is 4.75. The van der Waals surface area contributed by atoms with Crippen LogP contribution in [0.2, 0.25) is 0 Å². The third-order valence-electron chi connectivity index (χ3n) is 2.06. The van der Waals surface area contributed by atoms with E-state index in [0.717, 1.165) is 5.56 Å². The van der Waals surface area contributed by atoms with Crippen molar-refractivity contribution in [1.29, 1.82) is 0 Å². The van der Waals surface area contributed by atoms with E-state index < -0.39 is 0 Å². The number of rotatable bonds is 4. The summed E-state index contributed by atoms with van der Waals surface area (Å²) in [5.74, 6) is -0.127. The van der Waals surface area contributed by atoms with Crippen LogP contribution in [0.4, 0.5) is 0 Å². The summed E-state index contributed by atoms with van der Waals surface area (Å²) in [6, 6.07) is 9.06. The quantitative estimate of drug-likeness (QED) is 0.818. The highest BCUT2D eigenvalue weighted by molar-refractivity contribution is 9.10. The van der Waals surface area contributed by atoms with Gasteiger partial charge in [0.1, 0.15) is 0 Å². The Bertz CT molecular complexity index is 314. The molecule has 2 N–H and O–H groups in total. The van der Waals surface area contributed by atoms with Crippen LogP contribution in [-0.2, 0) is 4.79 Å². The fraction of sp³-hybridized carbons (Fsp3) is 0.364. The van der Waals surface area contributed by atoms with E-state index in [2.05, 4.69) is 21.2 Å². The van der Waals surface area contributed by atoms with Gasteiger partial charge in [-0.3, -0.25) is 4.79 Å². The molecule has 0 aliphatic carbocycles. The molecule has 15 heavy (non-hydrogen) atoms. The Morgan fingerprint density at radius 1 is 1.47 bits per heavy atom. The minimum Gasteiger partial charge on any atom is -0.394 e. The second kappa shape index (κ2) is 5.88. The highest BCUT2D eigenvalue weighted by atomic mass is 79.9. The van der Waals surface area contributed by atoms with Gasteiger partial charge in [0.25, 0.3) is 0 Å². The van der Waals surface area contributed by atoms with Gasteiger partial charge >= 0.3 is 0 Å². The molecule has 0 aliphatic rings. The number of carbonyl (C=O) groups is 1. The van der Waals surface area contributed by atoms with Crippen LogP contribution >= 0.6 is 15.9 Å². The average molecular weight is 272 g/mol.